The summed E-state index contributed by atoms with van der Waals surface area (Å²) in [5.41, 5.74) is 0. The standard InChI is InChI=1S/C18H37N3O3/c1-10-12(3)16(15(11-2)24-9)21(8)18(23)13(4)19-17(22)14(5)20(6)7/h12-16H,10-11H2,1-9H3,(H,19,22)/t12-,13?,14?,15?,16?/m0/s1. The van der Waals surface area contributed by atoms with E-state index >= 15 is 0 Å². The molecule has 0 aliphatic carbocycles. The van der Waals surface area contributed by atoms with Gasteiger partial charge in [-0.1, -0.05) is 27.2 Å². The number of ether oxygens (including phenoxy) is 1. The quantitative estimate of drug-likeness (QED) is 0.656. The van der Waals surface area contributed by atoms with E-state index in [-0.39, 0.29) is 30.0 Å². The lowest BCUT2D eigenvalue weighted by atomic mass is 9.91. The van der Waals surface area contributed by atoms with Gasteiger partial charge in [0.25, 0.3) is 0 Å². The molecule has 0 heterocycles. The molecule has 1 N–H and O–H groups in total. The average Bonchev–Trinajstić information content (AvgIpc) is 2.56. The SMILES string of the molecule is CCC(OC)C([C@@H](C)CC)N(C)C(=O)C(C)NC(=O)C(C)N(C)C. The molecule has 0 rings (SSSR count). The van der Waals surface area contributed by atoms with Crippen LogP contribution in [0.2, 0.25) is 0 Å². The van der Waals surface area contributed by atoms with Crippen LogP contribution >= 0.6 is 0 Å². The molecule has 24 heavy (non-hydrogen) atoms. The Labute approximate surface area is 147 Å². The molecule has 0 fully saturated rings. The van der Waals surface area contributed by atoms with Crippen LogP contribution in [0.1, 0.15) is 47.5 Å². The second-order valence-corrected chi connectivity index (χ2v) is 6.88. The molecule has 6 nitrogen and oxygen atoms in total. The molecular weight excluding hydrogens is 306 g/mol. The largest absolute Gasteiger partial charge is 0.379 e. The number of hydrogen-bond donors (Lipinski definition) is 1. The first-order valence-electron chi connectivity index (χ1n) is 8.88. The zero-order chi connectivity index (χ0) is 19.0. The number of methoxy groups -OCH3 is 1. The number of nitrogens with one attached hydrogen (secondary N) is 1. The fourth-order valence-corrected chi connectivity index (χ4v) is 2.87. The Morgan fingerprint density at radius 3 is 1.96 bits per heavy atom. The van der Waals surface area contributed by atoms with Gasteiger partial charge in [-0.15, -0.1) is 0 Å². The summed E-state index contributed by atoms with van der Waals surface area (Å²) in [6.45, 7) is 9.86. The van der Waals surface area contributed by atoms with Crippen molar-refractivity contribution in [3.05, 3.63) is 0 Å². The van der Waals surface area contributed by atoms with Crippen molar-refractivity contribution < 1.29 is 14.3 Å². The Bertz CT molecular complexity index is 397. The van der Waals surface area contributed by atoms with Gasteiger partial charge < -0.3 is 15.0 Å². The van der Waals surface area contributed by atoms with Gasteiger partial charge in [0, 0.05) is 14.2 Å². The summed E-state index contributed by atoms with van der Waals surface area (Å²) in [6.07, 6.45) is 1.78. The fourth-order valence-electron chi connectivity index (χ4n) is 2.87. The molecule has 2 amide bonds. The maximum absolute atomic E-state index is 12.8. The Hall–Kier alpha value is -1.14. The van der Waals surface area contributed by atoms with E-state index < -0.39 is 6.04 Å². The zero-order valence-corrected chi connectivity index (χ0v) is 16.9. The number of rotatable bonds is 10. The number of carbonyl (C=O) groups excluding carboxylic acids is 2. The lowest BCUT2D eigenvalue weighted by molar-refractivity contribution is -0.141. The highest BCUT2D eigenvalue weighted by molar-refractivity contribution is 5.89. The summed E-state index contributed by atoms with van der Waals surface area (Å²) < 4.78 is 5.60. The molecule has 0 saturated carbocycles. The third-order valence-electron chi connectivity index (χ3n) is 4.99. The number of hydrogen-bond acceptors (Lipinski definition) is 4. The first-order chi connectivity index (χ1) is 11.1. The van der Waals surface area contributed by atoms with E-state index in [1.807, 2.05) is 25.9 Å². The first kappa shape index (κ1) is 22.9. The Balaban J connectivity index is 5.11. The van der Waals surface area contributed by atoms with Crippen molar-refractivity contribution in [1.29, 1.82) is 0 Å². The highest BCUT2D eigenvalue weighted by Crippen LogP contribution is 2.21. The van der Waals surface area contributed by atoms with Gasteiger partial charge in [-0.2, -0.15) is 0 Å². The van der Waals surface area contributed by atoms with Crippen LogP contribution in [-0.2, 0) is 14.3 Å². The molecule has 0 aliphatic heterocycles. The molecule has 0 saturated heterocycles. The van der Waals surface area contributed by atoms with E-state index in [1.165, 1.54) is 0 Å². The van der Waals surface area contributed by atoms with Gasteiger partial charge in [0.2, 0.25) is 11.8 Å². The van der Waals surface area contributed by atoms with Crippen molar-refractivity contribution in [2.75, 3.05) is 28.3 Å². The van der Waals surface area contributed by atoms with Gasteiger partial charge >= 0.3 is 0 Å². The van der Waals surface area contributed by atoms with Crippen molar-refractivity contribution in [3.63, 3.8) is 0 Å². The minimum Gasteiger partial charge on any atom is -0.379 e. The van der Waals surface area contributed by atoms with Crippen LogP contribution in [0, 0.1) is 5.92 Å². The maximum Gasteiger partial charge on any atom is 0.244 e. The molecule has 6 heteroatoms. The summed E-state index contributed by atoms with van der Waals surface area (Å²) >= 11 is 0. The summed E-state index contributed by atoms with van der Waals surface area (Å²) in [7, 11) is 7.17. The van der Waals surface area contributed by atoms with Crippen LogP contribution in [0.5, 0.6) is 0 Å². The van der Waals surface area contributed by atoms with E-state index in [0.29, 0.717) is 5.92 Å². The monoisotopic (exact) mass is 343 g/mol. The van der Waals surface area contributed by atoms with Crippen molar-refractivity contribution in [2.24, 2.45) is 5.92 Å². The molecule has 0 aromatic heterocycles. The third-order valence-corrected chi connectivity index (χ3v) is 4.99. The Kier molecular flexibility index (Phi) is 10.2. The fraction of sp³-hybridized carbons (Fsp3) is 0.889. The maximum atomic E-state index is 12.8. The molecular formula is C18H37N3O3. The minimum absolute atomic E-state index is 0.0110. The molecule has 142 valence electrons. The lowest BCUT2D eigenvalue weighted by Crippen LogP contribution is -2.56. The minimum atomic E-state index is -0.564. The van der Waals surface area contributed by atoms with Gasteiger partial charge in [-0.25, -0.2) is 0 Å². The smallest absolute Gasteiger partial charge is 0.244 e. The van der Waals surface area contributed by atoms with Gasteiger partial charge in [0.15, 0.2) is 0 Å². The van der Waals surface area contributed by atoms with E-state index in [2.05, 4.69) is 26.1 Å². The van der Waals surface area contributed by atoms with Crippen molar-refractivity contribution in [1.82, 2.24) is 15.1 Å². The van der Waals surface area contributed by atoms with Gasteiger partial charge in [0.1, 0.15) is 6.04 Å². The average molecular weight is 344 g/mol. The topological polar surface area (TPSA) is 61.9 Å². The summed E-state index contributed by atoms with van der Waals surface area (Å²) in [5, 5.41) is 2.82. The molecule has 0 radical (unpaired) electrons. The molecule has 0 bridgehead atoms. The molecule has 5 atom stereocenters. The van der Waals surface area contributed by atoms with Crippen molar-refractivity contribution in [3.8, 4) is 0 Å². The number of carbonyl (C=O) groups is 2. The number of nitrogens with zero attached hydrogens (tertiary/aromatic N) is 2. The van der Waals surface area contributed by atoms with E-state index in [1.54, 1.807) is 26.0 Å². The highest BCUT2D eigenvalue weighted by Gasteiger charge is 2.33. The van der Waals surface area contributed by atoms with Crippen molar-refractivity contribution >= 4 is 11.8 Å². The van der Waals surface area contributed by atoms with E-state index in [0.717, 1.165) is 12.8 Å². The predicted molar refractivity (Wildman–Crippen MR) is 97.9 cm³/mol. The lowest BCUT2D eigenvalue weighted by Gasteiger charge is -2.38. The molecule has 0 spiro atoms. The number of amides is 2. The van der Waals surface area contributed by atoms with Crippen LogP contribution in [0.25, 0.3) is 0 Å². The van der Waals surface area contributed by atoms with Gasteiger partial charge in [0.05, 0.1) is 18.2 Å². The highest BCUT2D eigenvalue weighted by atomic mass is 16.5. The summed E-state index contributed by atoms with van der Waals surface area (Å²) in [4.78, 5) is 28.6. The normalized spacial score (nSPS) is 17.8. The van der Waals surface area contributed by atoms with Crippen LogP contribution in [0.15, 0.2) is 0 Å². The molecule has 0 aliphatic rings. The van der Waals surface area contributed by atoms with Crippen molar-refractivity contribution in [2.45, 2.75) is 71.7 Å². The summed E-state index contributed by atoms with van der Waals surface area (Å²) in [6, 6.07) is -0.854. The molecule has 4 unspecified atom stereocenters. The van der Waals surface area contributed by atoms with Gasteiger partial charge in [-0.3, -0.25) is 14.5 Å². The Morgan fingerprint density at radius 2 is 1.58 bits per heavy atom. The van der Waals surface area contributed by atoms with Crippen LogP contribution in [0.4, 0.5) is 0 Å². The zero-order valence-electron chi connectivity index (χ0n) is 16.9. The predicted octanol–water partition coefficient (Wildman–Crippen LogP) is 1.74. The van der Waals surface area contributed by atoms with E-state index in [4.69, 9.17) is 4.74 Å². The van der Waals surface area contributed by atoms with E-state index in [9.17, 15) is 9.59 Å². The number of likely N-dealkylation sites (N-methyl/N-ethyl adjacent to an activating group) is 2. The van der Waals surface area contributed by atoms with Crippen LogP contribution in [0.3, 0.4) is 0 Å². The second-order valence-electron chi connectivity index (χ2n) is 6.88. The second kappa shape index (κ2) is 10.7. The molecule has 0 aromatic rings. The summed E-state index contributed by atoms with van der Waals surface area (Å²) in [5.74, 6) is 0.0793. The third kappa shape index (κ3) is 6.06. The Morgan fingerprint density at radius 1 is 1.04 bits per heavy atom. The first-order valence-corrected chi connectivity index (χ1v) is 8.88. The van der Waals surface area contributed by atoms with Crippen LogP contribution < -0.4 is 5.32 Å². The van der Waals surface area contributed by atoms with Crippen LogP contribution in [-0.4, -0.2) is 74.1 Å². The molecule has 0 aromatic carbocycles. The van der Waals surface area contributed by atoms with Gasteiger partial charge in [-0.05, 0) is 40.3 Å².